The number of aryl methyl sites for hydroxylation is 1. The monoisotopic (exact) mass is 348 g/mol. The highest BCUT2D eigenvalue weighted by Crippen LogP contribution is 2.28. The number of nitrogens with zero attached hydrogens (tertiary/aromatic N) is 1. The minimum absolute atomic E-state index is 0.171. The molecule has 2 aromatic rings. The molecular weight excluding hydrogens is 332 g/mol. The molecule has 1 N–H and O–H groups in total. The molecule has 6 heteroatoms. The van der Waals surface area contributed by atoms with Crippen LogP contribution in [-0.2, 0) is 4.79 Å². The molecule has 1 aliphatic rings. The number of piperidine rings is 1. The Morgan fingerprint density at radius 3 is 2.74 bits per heavy atom. The average Bonchev–Trinajstić information content (AvgIpc) is 2.95. The molecule has 0 spiro atoms. The Kier molecular flexibility index (Phi) is 4.68. The van der Waals surface area contributed by atoms with Gasteiger partial charge >= 0.3 is 0 Å². The van der Waals surface area contributed by atoms with Crippen LogP contribution in [0.5, 0.6) is 0 Å². The number of anilines is 2. The molecule has 1 aromatic heterocycles. The van der Waals surface area contributed by atoms with Crippen molar-refractivity contribution in [1.29, 1.82) is 0 Å². The van der Waals surface area contributed by atoms with Gasteiger partial charge in [-0.15, -0.1) is 11.3 Å². The van der Waals surface area contributed by atoms with Crippen molar-refractivity contribution in [1.82, 2.24) is 0 Å². The molecule has 0 aliphatic carbocycles. The Morgan fingerprint density at radius 2 is 2.09 bits per heavy atom. The Hall–Kier alpha value is -1.85. The topological polar surface area (TPSA) is 49.4 Å². The lowest BCUT2D eigenvalue weighted by Gasteiger charge is -2.28. The molecular formula is C17H17ClN2O2S. The molecule has 1 aromatic carbocycles. The lowest BCUT2D eigenvalue weighted by molar-refractivity contribution is -0.119. The largest absolute Gasteiger partial charge is 0.321 e. The van der Waals surface area contributed by atoms with Gasteiger partial charge in [0.1, 0.15) is 0 Å². The third-order valence-electron chi connectivity index (χ3n) is 3.87. The van der Waals surface area contributed by atoms with Gasteiger partial charge in [-0.3, -0.25) is 9.59 Å². The lowest BCUT2D eigenvalue weighted by Crippen LogP contribution is -2.35. The van der Waals surface area contributed by atoms with E-state index in [1.54, 1.807) is 12.1 Å². The van der Waals surface area contributed by atoms with Crippen LogP contribution in [0.25, 0.3) is 0 Å². The highest BCUT2D eigenvalue weighted by Gasteiger charge is 2.21. The van der Waals surface area contributed by atoms with E-state index >= 15 is 0 Å². The zero-order valence-electron chi connectivity index (χ0n) is 12.8. The predicted molar refractivity (Wildman–Crippen MR) is 94.7 cm³/mol. The molecule has 0 bridgehead atoms. The summed E-state index contributed by atoms with van der Waals surface area (Å²) in [6, 6.07) is 9.03. The molecule has 4 nitrogen and oxygen atoms in total. The van der Waals surface area contributed by atoms with Crippen LogP contribution in [-0.4, -0.2) is 18.4 Å². The number of carbonyl (C=O) groups is 2. The summed E-state index contributed by atoms with van der Waals surface area (Å²) in [6.07, 6.45) is 2.60. The van der Waals surface area contributed by atoms with Crippen molar-refractivity contribution in [2.24, 2.45) is 0 Å². The highest BCUT2D eigenvalue weighted by atomic mass is 35.5. The van der Waals surface area contributed by atoms with Crippen molar-refractivity contribution < 1.29 is 9.59 Å². The second-order valence-corrected chi connectivity index (χ2v) is 7.28. The van der Waals surface area contributed by atoms with Crippen molar-refractivity contribution in [3.05, 3.63) is 45.1 Å². The van der Waals surface area contributed by atoms with E-state index in [2.05, 4.69) is 5.32 Å². The van der Waals surface area contributed by atoms with Crippen LogP contribution < -0.4 is 10.2 Å². The lowest BCUT2D eigenvalue weighted by atomic mass is 10.1. The summed E-state index contributed by atoms with van der Waals surface area (Å²) in [5.74, 6) is -0.00698. The van der Waals surface area contributed by atoms with Crippen LogP contribution in [0.3, 0.4) is 0 Å². The van der Waals surface area contributed by atoms with Crippen LogP contribution in [0.1, 0.15) is 34.5 Å². The van der Waals surface area contributed by atoms with Gasteiger partial charge < -0.3 is 10.2 Å². The molecule has 0 saturated carbocycles. The number of thiophene rings is 1. The number of benzene rings is 1. The molecule has 2 amide bonds. The van der Waals surface area contributed by atoms with Gasteiger partial charge in [0.25, 0.3) is 5.91 Å². The summed E-state index contributed by atoms with van der Waals surface area (Å²) >= 11 is 7.10. The van der Waals surface area contributed by atoms with Crippen LogP contribution >= 0.6 is 22.9 Å². The van der Waals surface area contributed by atoms with Crippen molar-refractivity contribution >= 4 is 46.1 Å². The Labute approximate surface area is 144 Å². The van der Waals surface area contributed by atoms with E-state index in [-0.39, 0.29) is 11.8 Å². The summed E-state index contributed by atoms with van der Waals surface area (Å²) < 4.78 is 0.588. The molecule has 1 aliphatic heterocycles. The number of carbonyl (C=O) groups excluding carboxylic acids is 2. The molecule has 1 fully saturated rings. The standard InChI is InChI=1S/C17H17ClN2O2S/c1-11-10-12(19-17(22)14-7-8-15(18)23-14)5-6-13(11)20-9-3-2-4-16(20)21/h5-8,10H,2-4,9H2,1H3,(H,19,22). The van der Waals surface area contributed by atoms with Crippen LogP contribution in [0, 0.1) is 6.92 Å². The van der Waals surface area contributed by atoms with Gasteiger partial charge in [-0.05, 0) is 55.7 Å². The highest BCUT2D eigenvalue weighted by molar-refractivity contribution is 7.18. The van der Waals surface area contributed by atoms with E-state index in [1.807, 2.05) is 30.0 Å². The SMILES string of the molecule is Cc1cc(NC(=O)c2ccc(Cl)s2)ccc1N1CCCCC1=O. The summed E-state index contributed by atoms with van der Waals surface area (Å²) in [4.78, 5) is 26.6. The van der Waals surface area contributed by atoms with E-state index in [4.69, 9.17) is 11.6 Å². The molecule has 0 atom stereocenters. The minimum Gasteiger partial charge on any atom is -0.321 e. The first-order valence-corrected chi connectivity index (χ1v) is 8.72. The van der Waals surface area contributed by atoms with Gasteiger partial charge in [0.2, 0.25) is 5.91 Å². The van der Waals surface area contributed by atoms with Crippen molar-refractivity contribution in [3.63, 3.8) is 0 Å². The van der Waals surface area contributed by atoms with E-state index in [9.17, 15) is 9.59 Å². The van der Waals surface area contributed by atoms with Gasteiger partial charge in [-0.25, -0.2) is 0 Å². The number of halogens is 1. The zero-order valence-corrected chi connectivity index (χ0v) is 14.3. The fourth-order valence-electron chi connectivity index (χ4n) is 2.73. The summed E-state index contributed by atoms with van der Waals surface area (Å²) in [7, 11) is 0. The molecule has 23 heavy (non-hydrogen) atoms. The van der Waals surface area contributed by atoms with E-state index in [0.29, 0.717) is 21.3 Å². The fraction of sp³-hybridized carbons (Fsp3) is 0.294. The second-order valence-electron chi connectivity index (χ2n) is 5.56. The van der Waals surface area contributed by atoms with Gasteiger partial charge in [-0.2, -0.15) is 0 Å². The van der Waals surface area contributed by atoms with E-state index < -0.39 is 0 Å². The number of hydrogen-bond donors (Lipinski definition) is 1. The molecule has 120 valence electrons. The second kappa shape index (κ2) is 6.72. The number of nitrogens with one attached hydrogen (secondary N) is 1. The first-order chi connectivity index (χ1) is 11.0. The minimum atomic E-state index is -0.178. The fourth-order valence-corrected chi connectivity index (χ4v) is 3.66. The summed E-state index contributed by atoms with van der Waals surface area (Å²) in [5.41, 5.74) is 2.61. The Morgan fingerprint density at radius 1 is 1.26 bits per heavy atom. The van der Waals surface area contributed by atoms with Gasteiger partial charge in [0.05, 0.1) is 9.21 Å². The number of hydrogen-bond acceptors (Lipinski definition) is 3. The van der Waals surface area contributed by atoms with Crippen molar-refractivity contribution in [3.8, 4) is 0 Å². The molecule has 3 rings (SSSR count). The predicted octanol–water partition coefficient (Wildman–Crippen LogP) is 4.48. The van der Waals surface area contributed by atoms with Crippen LogP contribution in [0.2, 0.25) is 4.34 Å². The van der Waals surface area contributed by atoms with E-state index in [1.165, 1.54) is 11.3 Å². The normalized spacial score (nSPS) is 14.9. The number of rotatable bonds is 3. The Bertz CT molecular complexity index is 757. The zero-order chi connectivity index (χ0) is 16.4. The first kappa shape index (κ1) is 16.0. The van der Waals surface area contributed by atoms with Crippen LogP contribution in [0.15, 0.2) is 30.3 Å². The Balaban J connectivity index is 1.76. The van der Waals surface area contributed by atoms with Crippen molar-refractivity contribution in [2.45, 2.75) is 26.2 Å². The van der Waals surface area contributed by atoms with E-state index in [0.717, 1.165) is 30.6 Å². The quantitative estimate of drug-likeness (QED) is 0.889. The maximum atomic E-state index is 12.2. The van der Waals surface area contributed by atoms with Gasteiger partial charge in [-0.1, -0.05) is 11.6 Å². The third-order valence-corrected chi connectivity index (χ3v) is 5.10. The van der Waals surface area contributed by atoms with Crippen molar-refractivity contribution in [2.75, 3.05) is 16.8 Å². The van der Waals surface area contributed by atoms with Gasteiger partial charge in [0.15, 0.2) is 0 Å². The van der Waals surface area contributed by atoms with Crippen LogP contribution in [0.4, 0.5) is 11.4 Å². The first-order valence-electron chi connectivity index (χ1n) is 7.52. The average molecular weight is 349 g/mol. The molecule has 1 saturated heterocycles. The molecule has 2 heterocycles. The summed E-state index contributed by atoms with van der Waals surface area (Å²) in [5, 5.41) is 2.86. The summed E-state index contributed by atoms with van der Waals surface area (Å²) in [6.45, 7) is 2.72. The number of amides is 2. The maximum absolute atomic E-state index is 12.2. The molecule has 0 radical (unpaired) electrons. The smallest absolute Gasteiger partial charge is 0.265 e. The maximum Gasteiger partial charge on any atom is 0.265 e. The third kappa shape index (κ3) is 3.57. The molecule has 0 unspecified atom stereocenters. The van der Waals surface area contributed by atoms with Gasteiger partial charge in [0, 0.05) is 24.3 Å².